The monoisotopic (exact) mass is 354 g/mol. The van der Waals surface area contributed by atoms with Crippen molar-refractivity contribution in [3.05, 3.63) is 0 Å². The number of rotatable bonds is 20. The summed E-state index contributed by atoms with van der Waals surface area (Å²) >= 11 is 0. The first-order valence-corrected chi connectivity index (χ1v) is 11.9. The van der Waals surface area contributed by atoms with Crippen LogP contribution in [0.2, 0.25) is 0 Å². The zero-order chi connectivity index (χ0) is 18.6. The minimum atomic E-state index is -0.0609. The van der Waals surface area contributed by atoms with Crippen LogP contribution in [0.3, 0.4) is 0 Å². The van der Waals surface area contributed by atoms with Gasteiger partial charge in [-0.25, -0.2) is 0 Å². The highest BCUT2D eigenvalue weighted by Crippen LogP contribution is 2.19. The lowest BCUT2D eigenvalue weighted by atomic mass is 9.93. The van der Waals surface area contributed by atoms with Crippen molar-refractivity contribution in [2.75, 3.05) is 0 Å². The highest BCUT2D eigenvalue weighted by molar-refractivity contribution is 4.65. The molecule has 0 aromatic heterocycles. The van der Waals surface area contributed by atoms with E-state index in [2.05, 4.69) is 20.8 Å². The number of aliphatic hydroxyl groups excluding tert-OH is 1. The zero-order valence-electron chi connectivity index (χ0n) is 18.0. The van der Waals surface area contributed by atoms with Crippen LogP contribution >= 0.6 is 0 Å². The molecule has 0 aromatic carbocycles. The molecule has 152 valence electrons. The van der Waals surface area contributed by atoms with Gasteiger partial charge < -0.3 is 5.11 Å². The molecule has 0 bridgehead atoms. The van der Waals surface area contributed by atoms with Crippen molar-refractivity contribution in [2.24, 2.45) is 5.92 Å². The van der Waals surface area contributed by atoms with Crippen molar-refractivity contribution in [1.29, 1.82) is 0 Å². The average Bonchev–Trinajstić information content (AvgIpc) is 2.62. The van der Waals surface area contributed by atoms with Gasteiger partial charge in [0.15, 0.2) is 0 Å². The smallest absolute Gasteiger partial charge is 0.0565 e. The fourth-order valence-corrected chi connectivity index (χ4v) is 3.74. The van der Waals surface area contributed by atoms with Gasteiger partial charge in [-0.15, -0.1) is 0 Å². The predicted molar refractivity (Wildman–Crippen MR) is 114 cm³/mol. The number of unbranched alkanes of at least 4 members (excludes halogenated alkanes) is 15. The maximum absolute atomic E-state index is 10.3. The Bertz CT molecular complexity index is 238. The molecule has 1 N–H and O–H groups in total. The molecule has 0 spiro atoms. The lowest BCUT2D eigenvalue weighted by Gasteiger charge is -2.18. The van der Waals surface area contributed by atoms with Gasteiger partial charge in [-0.1, -0.05) is 130 Å². The van der Waals surface area contributed by atoms with Gasteiger partial charge in [0.2, 0.25) is 0 Å². The molecule has 1 nitrogen and oxygen atoms in total. The summed E-state index contributed by atoms with van der Waals surface area (Å²) < 4.78 is 0. The van der Waals surface area contributed by atoms with Crippen molar-refractivity contribution >= 4 is 0 Å². The van der Waals surface area contributed by atoms with Crippen LogP contribution in [-0.4, -0.2) is 11.2 Å². The number of hydrogen-bond donors (Lipinski definition) is 1. The molecule has 0 radical (unpaired) electrons. The zero-order valence-corrected chi connectivity index (χ0v) is 18.0. The van der Waals surface area contributed by atoms with Gasteiger partial charge in [0, 0.05) is 0 Å². The van der Waals surface area contributed by atoms with E-state index in [1.54, 1.807) is 0 Å². The van der Waals surface area contributed by atoms with Crippen LogP contribution in [0.15, 0.2) is 0 Å². The predicted octanol–water partition coefficient (Wildman–Crippen LogP) is 8.44. The van der Waals surface area contributed by atoms with Crippen molar-refractivity contribution in [1.82, 2.24) is 0 Å². The van der Waals surface area contributed by atoms with E-state index in [1.807, 2.05) is 0 Å². The summed E-state index contributed by atoms with van der Waals surface area (Å²) in [5, 5.41) is 10.3. The molecule has 0 fully saturated rings. The lowest BCUT2D eigenvalue weighted by Crippen LogP contribution is -2.17. The van der Waals surface area contributed by atoms with Gasteiger partial charge in [-0.05, 0) is 18.8 Å². The highest BCUT2D eigenvalue weighted by atomic mass is 16.3. The van der Waals surface area contributed by atoms with Crippen LogP contribution in [0, 0.1) is 5.92 Å². The van der Waals surface area contributed by atoms with Crippen LogP contribution in [0.4, 0.5) is 0 Å². The third-order valence-electron chi connectivity index (χ3n) is 5.77. The van der Waals surface area contributed by atoms with Crippen molar-refractivity contribution in [2.45, 2.75) is 149 Å². The Hall–Kier alpha value is -0.0400. The summed E-state index contributed by atoms with van der Waals surface area (Å²) in [5.41, 5.74) is 0. The fraction of sp³-hybridized carbons (Fsp3) is 1.00. The Labute approximate surface area is 160 Å². The summed E-state index contributed by atoms with van der Waals surface area (Å²) in [6.45, 7) is 6.80. The van der Waals surface area contributed by atoms with Gasteiger partial charge >= 0.3 is 0 Å². The van der Waals surface area contributed by atoms with Crippen molar-refractivity contribution in [3.63, 3.8) is 0 Å². The molecule has 0 aliphatic rings. The minimum absolute atomic E-state index is 0.0609. The van der Waals surface area contributed by atoms with E-state index in [0.717, 1.165) is 6.42 Å². The van der Waals surface area contributed by atoms with Gasteiger partial charge in [0.05, 0.1) is 6.10 Å². The minimum Gasteiger partial charge on any atom is -0.393 e. The molecule has 0 amide bonds. The van der Waals surface area contributed by atoms with Crippen molar-refractivity contribution < 1.29 is 5.11 Å². The van der Waals surface area contributed by atoms with Crippen LogP contribution in [0.5, 0.6) is 0 Å². The molecule has 0 saturated heterocycles. The van der Waals surface area contributed by atoms with Crippen LogP contribution in [0.25, 0.3) is 0 Å². The summed E-state index contributed by atoms with van der Waals surface area (Å²) in [6, 6.07) is 0. The van der Waals surface area contributed by atoms with Gasteiger partial charge in [-0.3, -0.25) is 0 Å². The van der Waals surface area contributed by atoms with E-state index in [1.165, 1.54) is 116 Å². The first-order valence-electron chi connectivity index (χ1n) is 11.9. The maximum atomic E-state index is 10.3. The molecular weight excluding hydrogens is 304 g/mol. The third-order valence-corrected chi connectivity index (χ3v) is 5.77. The Morgan fingerprint density at radius 2 is 0.800 bits per heavy atom. The van der Waals surface area contributed by atoms with E-state index in [4.69, 9.17) is 0 Å². The van der Waals surface area contributed by atoms with Gasteiger partial charge in [0.1, 0.15) is 0 Å². The molecule has 25 heavy (non-hydrogen) atoms. The first kappa shape index (κ1) is 25.0. The molecule has 0 rings (SSSR count). The lowest BCUT2D eigenvalue weighted by molar-refractivity contribution is 0.0985. The average molecular weight is 355 g/mol. The molecular formula is C24H50O. The first-order chi connectivity index (χ1) is 12.2. The topological polar surface area (TPSA) is 20.2 Å². The standard InChI is InChI=1S/C24H50O/c1-4-6-8-10-12-13-14-15-16-18-20-22-24(25)23(3)21-19-17-11-9-7-5-2/h23-25H,4-22H2,1-3H3. The molecule has 2 unspecified atom stereocenters. The second-order valence-electron chi connectivity index (χ2n) is 8.43. The van der Waals surface area contributed by atoms with Crippen molar-refractivity contribution in [3.8, 4) is 0 Å². The Kier molecular flexibility index (Phi) is 20.2. The molecule has 1 heteroatoms. The molecule has 0 heterocycles. The normalized spacial score (nSPS) is 13.9. The molecule has 2 atom stereocenters. The van der Waals surface area contributed by atoms with E-state index < -0.39 is 0 Å². The quantitative estimate of drug-likeness (QED) is 0.217. The Morgan fingerprint density at radius 1 is 0.480 bits per heavy atom. The summed E-state index contributed by atoms with van der Waals surface area (Å²) in [4.78, 5) is 0. The van der Waals surface area contributed by atoms with Gasteiger partial charge in [-0.2, -0.15) is 0 Å². The second-order valence-corrected chi connectivity index (χ2v) is 8.43. The maximum Gasteiger partial charge on any atom is 0.0565 e. The largest absolute Gasteiger partial charge is 0.393 e. The number of hydrogen-bond acceptors (Lipinski definition) is 1. The van der Waals surface area contributed by atoms with Crippen LogP contribution in [-0.2, 0) is 0 Å². The van der Waals surface area contributed by atoms with E-state index in [-0.39, 0.29) is 6.10 Å². The molecule has 0 aliphatic carbocycles. The van der Waals surface area contributed by atoms with E-state index in [9.17, 15) is 5.11 Å². The van der Waals surface area contributed by atoms with Crippen LogP contribution in [0.1, 0.15) is 143 Å². The number of aliphatic hydroxyl groups is 1. The van der Waals surface area contributed by atoms with Crippen LogP contribution < -0.4 is 0 Å². The van der Waals surface area contributed by atoms with E-state index in [0.29, 0.717) is 5.92 Å². The third kappa shape index (κ3) is 18.5. The summed E-state index contributed by atoms with van der Waals surface area (Å²) in [5.74, 6) is 0.495. The molecule has 0 aromatic rings. The summed E-state index contributed by atoms with van der Waals surface area (Å²) in [6.07, 6.45) is 25.6. The highest BCUT2D eigenvalue weighted by Gasteiger charge is 2.13. The molecule has 0 aliphatic heterocycles. The molecule has 0 saturated carbocycles. The Balaban J connectivity index is 3.29. The SMILES string of the molecule is CCCCCCCCCCCCCC(O)C(C)CCCCCCCC. The second kappa shape index (κ2) is 20.3. The van der Waals surface area contributed by atoms with Gasteiger partial charge in [0.25, 0.3) is 0 Å². The summed E-state index contributed by atoms with van der Waals surface area (Å²) in [7, 11) is 0. The fourth-order valence-electron chi connectivity index (χ4n) is 3.74. The Morgan fingerprint density at radius 3 is 1.20 bits per heavy atom. The van der Waals surface area contributed by atoms with E-state index >= 15 is 0 Å².